The maximum absolute atomic E-state index is 13.7. The van der Waals surface area contributed by atoms with Crippen LogP contribution < -0.4 is 0 Å². The number of fused-ring (bicyclic) bond motifs is 4. The second kappa shape index (κ2) is 6.14. The van der Waals surface area contributed by atoms with Crippen LogP contribution in [0.1, 0.15) is 25.3 Å². The van der Waals surface area contributed by atoms with E-state index in [4.69, 9.17) is 4.98 Å². The largest absolute Gasteiger partial charge is 0.255 e. The van der Waals surface area contributed by atoms with Crippen molar-refractivity contribution in [2.75, 3.05) is 0 Å². The summed E-state index contributed by atoms with van der Waals surface area (Å²) < 4.78 is 15.8. The van der Waals surface area contributed by atoms with Gasteiger partial charge in [-0.05, 0) is 58.7 Å². The van der Waals surface area contributed by atoms with Gasteiger partial charge in [0.15, 0.2) is 0 Å². The molecule has 0 radical (unpaired) electrons. The molecule has 0 atom stereocenters. The highest BCUT2D eigenvalue weighted by Crippen LogP contribution is 2.40. The van der Waals surface area contributed by atoms with Gasteiger partial charge in [0.05, 0.1) is 10.4 Å². The molecule has 0 saturated heterocycles. The number of halogens is 1. The second-order valence-electron chi connectivity index (χ2n) is 7.22. The first kappa shape index (κ1) is 16.4. The predicted molar refractivity (Wildman–Crippen MR) is 114 cm³/mol. The summed E-state index contributed by atoms with van der Waals surface area (Å²) in [6.45, 7) is 4.45. The van der Waals surface area contributed by atoms with Crippen molar-refractivity contribution in [1.82, 2.24) is 4.98 Å². The van der Waals surface area contributed by atoms with E-state index in [1.165, 1.54) is 22.4 Å². The van der Waals surface area contributed by atoms with Gasteiger partial charge in [-0.25, -0.2) is 4.39 Å². The topological polar surface area (TPSA) is 12.9 Å². The van der Waals surface area contributed by atoms with Gasteiger partial charge in [-0.3, -0.25) is 4.98 Å². The lowest BCUT2D eigenvalue weighted by atomic mass is 9.92. The minimum atomic E-state index is -0.198. The summed E-state index contributed by atoms with van der Waals surface area (Å²) in [5.74, 6) is 0.224. The number of aromatic nitrogens is 1. The average Bonchev–Trinajstić information content (AvgIpc) is 3.04. The fraction of sp³-hybridized carbons (Fsp3) is 0.125. The van der Waals surface area contributed by atoms with Gasteiger partial charge in [0, 0.05) is 27.2 Å². The molecule has 5 aromatic rings. The van der Waals surface area contributed by atoms with E-state index in [9.17, 15) is 4.39 Å². The third kappa shape index (κ3) is 2.62. The van der Waals surface area contributed by atoms with E-state index in [1.807, 2.05) is 18.3 Å². The summed E-state index contributed by atoms with van der Waals surface area (Å²) in [5, 5.41) is 4.75. The van der Waals surface area contributed by atoms with E-state index in [1.54, 1.807) is 17.4 Å². The number of pyridine rings is 1. The summed E-state index contributed by atoms with van der Waals surface area (Å²) in [4.78, 5) is 4.72. The molecule has 5 rings (SSSR count). The van der Waals surface area contributed by atoms with E-state index in [0.717, 1.165) is 31.4 Å². The van der Waals surface area contributed by atoms with E-state index in [-0.39, 0.29) is 5.82 Å². The maximum Gasteiger partial charge on any atom is 0.124 e. The number of rotatable bonds is 2. The Kier molecular flexibility index (Phi) is 3.73. The van der Waals surface area contributed by atoms with Gasteiger partial charge in [-0.15, -0.1) is 11.3 Å². The normalized spacial score (nSPS) is 11.9. The molecule has 0 unspecified atom stereocenters. The van der Waals surface area contributed by atoms with Gasteiger partial charge in [0.1, 0.15) is 5.82 Å². The molecule has 0 spiro atoms. The van der Waals surface area contributed by atoms with Gasteiger partial charge in [-0.1, -0.05) is 38.1 Å². The summed E-state index contributed by atoms with van der Waals surface area (Å²) in [7, 11) is 0. The molecule has 0 N–H and O–H groups in total. The molecule has 3 heteroatoms. The third-order valence-electron chi connectivity index (χ3n) is 5.14. The fourth-order valence-corrected chi connectivity index (χ4v) is 5.07. The van der Waals surface area contributed by atoms with Crippen LogP contribution in [0, 0.1) is 5.82 Å². The molecule has 0 aliphatic rings. The summed E-state index contributed by atoms with van der Waals surface area (Å²) in [5.41, 5.74) is 3.42. The molecule has 0 bridgehead atoms. The number of hydrogen-bond donors (Lipinski definition) is 0. The number of benzene rings is 3. The van der Waals surface area contributed by atoms with Crippen molar-refractivity contribution in [3.63, 3.8) is 0 Å². The van der Waals surface area contributed by atoms with Gasteiger partial charge in [0.2, 0.25) is 0 Å². The summed E-state index contributed by atoms with van der Waals surface area (Å²) >= 11 is 1.61. The van der Waals surface area contributed by atoms with Gasteiger partial charge >= 0.3 is 0 Å². The van der Waals surface area contributed by atoms with Crippen molar-refractivity contribution in [1.29, 1.82) is 0 Å². The first-order chi connectivity index (χ1) is 13.1. The fourth-order valence-electron chi connectivity index (χ4n) is 3.84. The highest BCUT2D eigenvalue weighted by molar-refractivity contribution is 7.26. The maximum atomic E-state index is 13.7. The van der Waals surface area contributed by atoms with Crippen LogP contribution in [0.15, 0.2) is 66.9 Å². The van der Waals surface area contributed by atoms with Crippen molar-refractivity contribution in [3.8, 4) is 11.3 Å². The molecule has 27 heavy (non-hydrogen) atoms. The van der Waals surface area contributed by atoms with E-state index in [0.29, 0.717) is 5.92 Å². The number of thiophene rings is 1. The molecule has 0 saturated carbocycles. The average molecular weight is 371 g/mol. The Bertz CT molecular complexity index is 1320. The van der Waals surface area contributed by atoms with Crippen LogP contribution in [0.4, 0.5) is 4.39 Å². The van der Waals surface area contributed by atoms with E-state index >= 15 is 0 Å². The van der Waals surface area contributed by atoms with Crippen LogP contribution >= 0.6 is 11.3 Å². The zero-order chi connectivity index (χ0) is 18.5. The van der Waals surface area contributed by atoms with Crippen molar-refractivity contribution in [2.24, 2.45) is 0 Å². The summed E-state index contributed by atoms with van der Waals surface area (Å²) in [6, 6.07) is 20.0. The van der Waals surface area contributed by atoms with Crippen LogP contribution in [0.2, 0.25) is 0 Å². The molecule has 0 amide bonds. The van der Waals surface area contributed by atoms with Gasteiger partial charge < -0.3 is 0 Å². The van der Waals surface area contributed by atoms with Crippen molar-refractivity contribution in [3.05, 3.63) is 78.2 Å². The monoisotopic (exact) mass is 371 g/mol. The Labute approximate surface area is 161 Å². The van der Waals surface area contributed by atoms with Crippen molar-refractivity contribution >= 4 is 42.3 Å². The molecule has 132 valence electrons. The SMILES string of the molecule is CC(C)c1cc(-c2nccc3c2sc2cc(F)ccc23)cc2ccccc12. The molecule has 0 aliphatic carbocycles. The third-order valence-corrected chi connectivity index (χ3v) is 6.31. The second-order valence-corrected chi connectivity index (χ2v) is 8.27. The predicted octanol–water partition coefficient (Wildman–Crippen LogP) is 7.53. The van der Waals surface area contributed by atoms with Crippen LogP contribution in [-0.4, -0.2) is 4.98 Å². The van der Waals surface area contributed by atoms with E-state index < -0.39 is 0 Å². The molecule has 2 aromatic heterocycles. The molecule has 0 fully saturated rings. The van der Waals surface area contributed by atoms with Gasteiger partial charge in [-0.2, -0.15) is 0 Å². The highest BCUT2D eigenvalue weighted by Gasteiger charge is 2.15. The minimum absolute atomic E-state index is 0.198. The van der Waals surface area contributed by atoms with Crippen molar-refractivity contribution in [2.45, 2.75) is 19.8 Å². The minimum Gasteiger partial charge on any atom is -0.255 e. The lowest BCUT2D eigenvalue weighted by molar-refractivity contribution is 0.630. The zero-order valence-corrected chi connectivity index (χ0v) is 16.0. The Balaban J connectivity index is 1.84. The zero-order valence-electron chi connectivity index (χ0n) is 15.2. The Morgan fingerprint density at radius 2 is 1.74 bits per heavy atom. The lowest BCUT2D eigenvalue weighted by Gasteiger charge is -2.13. The molecular weight excluding hydrogens is 353 g/mol. The smallest absolute Gasteiger partial charge is 0.124 e. The number of hydrogen-bond acceptors (Lipinski definition) is 2. The van der Waals surface area contributed by atoms with Crippen LogP contribution in [-0.2, 0) is 0 Å². The lowest BCUT2D eigenvalue weighted by Crippen LogP contribution is -1.92. The molecule has 2 heterocycles. The quantitative estimate of drug-likeness (QED) is 0.312. The summed E-state index contributed by atoms with van der Waals surface area (Å²) in [6.07, 6.45) is 1.86. The molecule has 0 aliphatic heterocycles. The molecule has 1 nitrogen and oxygen atoms in total. The van der Waals surface area contributed by atoms with Gasteiger partial charge in [0.25, 0.3) is 0 Å². The molecular formula is C24H18FNS. The van der Waals surface area contributed by atoms with Crippen LogP contribution in [0.25, 0.3) is 42.2 Å². The Morgan fingerprint density at radius 1 is 0.889 bits per heavy atom. The molecule has 3 aromatic carbocycles. The van der Waals surface area contributed by atoms with E-state index in [2.05, 4.69) is 50.2 Å². The Morgan fingerprint density at radius 3 is 2.59 bits per heavy atom. The number of nitrogens with zero attached hydrogens (tertiary/aromatic N) is 1. The van der Waals surface area contributed by atoms with Crippen LogP contribution in [0.3, 0.4) is 0 Å². The highest BCUT2D eigenvalue weighted by atomic mass is 32.1. The Hall–Kier alpha value is -2.78. The van der Waals surface area contributed by atoms with Crippen molar-refractivity contribution < 1.29 is 4.39 Å². The first-order valence-corrected chi connectivity index (χ1v) is 9.93. The first-order valence-electron chi connectivity index (χ1n) is 9.11. The van der Waals surface area contributed by atoms with Crippen LogP contribution in [0.5, 0.6) is 0 Å². The standard InChI is InChI=1S/C24H18FNS/c1-14(2)21-12-16(11-15-5-3-4-6-18(15)21)23-24-20(9-10-26-23)19-8-7-17(25)13-22(19)27-24/h3-14H,1-2H3.